The van der Waals surface area contributed by atoms with Crippen molar-refractivity contribution in [3.05, 3.63) is 40.1 Å². The highest BCUT2D eigenvalue weighted by Gasteiger charge is 2.25. The van der Waals surface area contributed by atoms with Gasteiger partial charge in [-0.15, -0.1) is 0 Å². The summed E-state index contributed by atoms with van der Waals surface area (Å²) in [5.74, 6) is -0.0435. The van der Waals surface area contributed by atoms with Gasteiger partial charge in [0.05, 0.1) is 21.4 Å². The molecule has 0 unspecified atom stereocenters. The van der Waals surface area contributed by atoms with Crippen LogP contribution in [0.2, 0.25) is 0 Å². The Kier molecular flexibility index (Phi) is 4.73. The third-order valence-corrected chi connectivity index (χ3v) is 3.79. The lowest BCUT2D eigenvalue weighted by molar-refractivity contribution is -0.383. The molecule has 21 heavy (non-hydrogen) atoms. The van der Waals surface area contributed by atoms with Gasteiger partial charge in [-0.05, 0) is 18.9 Å². The Morgan fingerprint density at radius 1 is 1.29 bits per heavy atom. The van der Waals surface area contributed by atoms with Crippen molar-refractivity contribution >= 4 is 22.4 Å². The zero-order valence-electron chi connectivity index (χ0n) is 12.4. The van der Waals surface area contributed by atoms with Crippen LogP contribution in [0.15, 0.2) is 24.4 Å². The van der Waals surface area contributed by atoms with Gasteiger partial charge in [0.25, 0.3) is 5.69 Å². The fraction of sp³-hybridized carbons (Fsp3) is 0.438. The summed E-state index contributed by atoms with van der Waals surface area (Å²) in [6.07, 6.45) is 5.11. The summed E-state index contributed by atoms with van der Waals surface area (Å²) in [6, 6.07) is 4.83. The number of nitrogens with one attached hydrogen (secondary N) is 1. The van der Waals surface area contributed by atoms with Crippen LogP contribution < -0.4 is 0 Å². The molecule has 0 amide bonds. The average molecular weight is 288 g/mol. The molecule has 2 aromatic rings. The fourth-order valence-electron chi connectivity index (χ4n) is 2.84. The van der Waals surface area contributed by atoms with E-state index in [1.165, 1.54) is 6.07 Å². The van der Waals surface area contributed by atoms with E-state index in [9.17, 15) is 14.9 Å². The molecule has 0 radical (unpaired) electrons. The first-order valence-electron chi connectivity index (χ1n) is 7.38. The van der Waals surface area contributed by atoms with Crippen LogP contribution >= 0.6 is 0 Å². The summed E-state index contributed by atoms with van der Waals surface area (Å²) >= 11 is 0. The second-order valence-corrected chi connectivity index (χ2v) is 5.30. The highest BCUT2D eigenvalue weighted by atomic mass is 16.6. The lowest BCUT2D eigenvalue weighted by Crippen LogP contribution is -2.14. The van der Waals surface area contributed by atoms with Crippen molar-refractivity contribution in [1.29, 1.82) is 0 Å². The summed E-state index contributed by atoms with van der Waals surface area (Å²) in [6.45, 7) is 4.10. The number of nitrogens with zero attached hydrogens (tertiary/aromatic N) is 1. The van der Waals surface area contributed by atoms with Crippen molar-refractivity contribution in [2.75, 3.05) is 0 Å². The van der Waals surface area contributed by atoms with Crippen LogP contribution in [0.4, 0.5) is 5.69 Å². The predicted molar refractivity (Wildman–Crippen MR) is 82.6 cm³/mol. The second-order valence-electron chi connectivity index (χ2n) is 5.30. The highest BCUT2D eigenvalue weighted by molar-refractivity contribution is 6.11. The Morgan fingerprint density at radius 3 is 2.52 bits per heavy atom. The number of hydrogen-bond acceptors (Lipinski definition) is 3. The number of Topliss-reactive ketones (excluding diaryl/α,β-unsaturated/α-hetero) is 1. The van der Waals surface area contributed by atoms with Gasteiger partial charge in [0.2, 0.25) is 0 Å². The average Bonchev–Trinajstić information content (AvgIpc) is 2.90. The van der Waals surface area contributed by atoms with Gasteiger partial charge >= 0.3 is 0 Å². The minimum Gasteiger partial charge on any atom is -0.360 e. The molecule has 5 nitrogen and oxygen atoms in total. The maximum absolute atomic E-state index is 12.7. The lowest BCUT2D eigenvalue weighted by Gasteiger charge is -2.13. The van der Waals surface area contributed by atoms with Gasteiger partial charge in [0, 0.05) is 18.2 Å². The maximum Gasteiger partial charge on any atom is 0.279 e. The van der Waals surface area contributed by atoms with E-state index in [2.05, 4.69) is 4.98 Å². The van der Waals surface area contributed by atoms with Gasteiger partial charge in [-0.25, -0.2) is 0 Å². The van der Waals surface area contributed by atoms with Crippen LogP contribution in [0.3, 0.4) is 0 Å². The molecule has 0 bridgehead atoms. The SMILES string of the molecule is CCCC(CCC)C(=O)c1c[nH]c2cccc([N+](=O)[O-])c12. The molecule has 0 spiro atoms. The summed E-state index contributed by atoms with van der Waals surface area (Å²) in [7, 11) is 0. The predicted octanol–water partition coefficient (Wildman–Crippen LogP) is 4.48. The second kappa shape index (κ2) is 6.52. The Morgan fingerprint density at radius 2 is 1.95 bits per heavy atom. The van der Waals surface area contributed by atoms with E-state index < -0.39 is 4.92 Å². The number of carbonyl (C=O) groups is 1. The Hall–Kier alpha value is -2.17. The van der Waals surface area contributed by atoms with E-state index >= 15 is 0 Å². The summed E-state index contributed by atoms with van der Waals surface area (Å²) in [5, 5.41) is 11.6. The molecule has 1 aromatic heterocycles. The first-order valence-corrected chi connectivity index (χ1v) is 7.38. The molecule has 0 aliphatic rings. The van der Waals surface area contributed by atoms with Crippen molar-refractivity contribution in [2.24, 2.45) is 5.92 Å². The van der Waals surface area contributed by atoms with Gasteiger partial charge in [0.1, 0.15) is 0 Å². The smallest absolute Gasteiger partial charge is 0.279 e. The largest absolute Gasteiger partial charge is 0.360 e. The third-order valence-electron chi connectivity index (χ3n) is 3.79. The molecule has 0 saturated carbocycles. The van der Waals surface area contributed by atoms with E-state index in [0.717, 1.165) is 25.7 Å². The number of aromatic amines is 1. The summed E-state index contributed by atoms with van der Waals surface area (Å²) in [4.78, 5) is 26.5. The molecular formula is C16H20N2O3. The van der Waals surface area contributed by atoms with E-state index in [1.54, 1.807) is 18.3 Å². The Labute approximate surface area is 123 Å². The van der Waals surface area contributed by atoms with Crippen LogP contribution in [0.1, 0.15) is 49.9 Å². The van der Waals surface area contributed by atoms with Crippen molar-refractivity contribution in [2.45, 2.75) is 39.5 Å². The number of ketones is 1. The lowest BCUT2D eigenvalue weighted by atomic mass is 9.89. The molecular weight excluding hydrogens is 268 g/mol. The monoisotopic (exact) mass is 288 g/mol. The molecule has 0 atom stereocenters. The number of rotatable bonds is 7. The number of non-ortho nitro benzene ring substituents is 1. The number of nitro benzene ring substituents is 1. The number of hydrogen-bond donors (Lipinski definition) is 1. The minimum absolute atomic E-state index is 0.0103. The quantitative estimate of drug-likeness (QED) is 0.463. The van der Waals surface area contributed by atoms with Gasteiger partial charge < -0.3 is 4.98 Å². The standard InChI is InChI=1S/C16H20N2O3/c1-3-6-11(7-4-2)16(19)12-10-17-13-8-5-9-14(15(12)13)18(20)21/h5,8-11,17H,3-4,6-7H2,1-2H3. The number of nitro groups is 1. The molecule has 5 heteroatoms. The van der Waals surface area contributed by atoms with Crippen LogP contribution in [-0.4, -0.2) is 15.7 Å². The molecule has 1 heterocycles. The van der Waals surface area contributed by atoms with E-state index in [4.69, 9.17) is 0 Å². The van der Waals surface area contributed by atoms with E-state index in [0.29, 0.717) is 16.5 Å². The van der Waals surface area contributed by atoms with Crippen molar-refractivity contribution in [3.63, 3.8) is 0 Å². The van der Waals surface area contributed by atoms with Crippen LogP contribution in [-0.2, 0) is 0 Å². The normalized spacial score (nSPS) is 11.2. The number of benzene rings is 1. The zero-order valence-corrected chi connectivity index (χ0v) is 12.4. The fourth-order valence-corrected chi connectivity index (χ4v) is 2.84. The topological polar surface area (TPSA) is 76.0 Å². The van der Waals surface area contributed by atoms with Gasteiger partial charge in [-0.1, -0.05) is 32.8 Å². The maximum atomic E-state index is 12.7. The number of aromatic nitrogens is 1. The Bertz CT molecular complexity index is 655. The Balaban J connectivity index is 2.50. The molecule has 112 valence electrons. The molecule has 0 saturated heterocycles. The van der Waals surface area contributed by atoms with Crippen LogP contribution in [0.25, 0.3) is 10.9 Å². The number of carbonyl (C=O) groups excluding carboxylic acids is 1. The molecule has 0 fully saturated rings. The van der Waals surface area contributed by atoms with Crippen molar-refractivity contribution < 1.29 is 9.72 Å². The first kappa shape index (κ1) is 15.2. The molecule has 1 N–H and O–H groups in total. The minimum atomic E-state index is -0.429. The zero-order chi connectivity index (χ0) is 15.4. The highest BCUT2D eigenvalue weighted by Crippen LogP contribution is 2.31. The summed E-state index contributed by atoms with van der Waals surface area (Å²) in [5.41, 5.74) is 1.08. The van der Waals surface area contributed by atoms with Crippen molar-refractivity contribution in [1.82, 2.24) is 4.98 Å². The van der Waals surface area contributed by atoms with Crippen LogP contribution in [0.5, 0.6) is 0 Å². The van der Waals surface area contributed by atoms with Gasteiger partial charge in [-0.3, -0.25) is 14.9 Å². The molecule has 0 aliphatic carbocycles. The first-order chi connectivity index (χ1) is 10.1. The molecule has 2 rings (SSSR count). The van der Waals surface area contributed by atoms with E-state index in [1.807, 2.05) is 13.8 Å². The van der Waals surface area contributed by atoms with Crippen molar-refractivity contribution in [3.8, 4) is 0 Å². The molecule has 1 aromatic carbocycles. The van der Waals surface area contributed by atoms with Gasteiger partial charge in [-0.2, -0.15) is 0 Å². The number of fused-ring (bicyclic) bond motifs is 1. The third kappa shape index (κ3) is 2.96. The summed E-state index contributed by atoms with van der Waals surface area (Å²) < 4.78 is 0. The van der Waals surface area contributed by atoms with Gasteiger partial charge in [0.15, 0.2) is 5.78 Å². The molecule has 0 aliphatic heterocycles. The van der Waals surface area contributed by atoms with E-state index in [-0.39, 0.29) is 17.4 Å². The number of H-pyrrole nitrogens is 1. The van der Waals surface area contributed by atoms with Crippen LogP contribution in [0, 0.1) is 16.0 Å².